The van der Waals surface area contributed by atoms with Crippen molar-refractivity contribution in [1.82, 2.24) is 9.55 Å². The van der Waals surface area contributed by atoms with E-state index in [0.29, 0.717) is 4.57 Å². The van der Waals surface area contributed by atoms with Crippen LogP contribution in [0.3, 0.4) is 0 Å². The summed E-state index contributed by atoms with van der Waals surface area (Å²) in [5, 5.41) is 18.6. The summed E-state index contributed by atoms with van der Waals surface area (Å²) in [6.45, 7) is 1.13. The van der Waals surface area contributed by atoms with Crippen molar-refractivity contribution >= 4 is 16.9 Å². The molecule has 2 rings (SSSR count). The maximum absolute atomic E-state index is 13.1. The molecule has 2 aromatic rings. The fourth-order valence-electron chi connectivity index (χ4n) is 2.16. The van der Waals surface area contributed by atoms with Gasteiger partial charge in [-0.15, -0.1) is 0 Å². The lowest BCUT2D eigenvalue weighted by atomic mass is 10.1. The van der Waals surface area contributed by atoms with E-state index in [1.807, 2.05) is 0 Å². The third-order valence-corrected chi connectivity index (χ3v) is 3.08. The summed E-state index contributed by atoms with van der Waals surface area (Å²) in [5.74, 6) is -1.89. The first kappa shape index (κ1) is 14.8. The Labute approximate surface area is 117 Å². The molecule has 1 heterocycles. The van der Waals surface area contributed by atoms with Crippen molar-refractivity contribution in [2.45, 2.75) is 25.6 Å². The van der Waals surface area contributed by atoms with Crippen molar-refractivity contribution in [3.63, 3.8) is 0 Å². The fraction of sp³-hybridized carbons (Fsp3) is 0.308. The third-order valence-electron chi connectivity index (χ3n) is 3.08. The number of hydrogen-bond acceptors (Lipinski definition) is 4. The van der Waals surface area contributed by atoms with Crippen molar-refractivity contribution in [3.8, 4) is 5.75 Å². The highest BCUT2D eigenvalue weighted by molar-refractivity contribution is 5.84. The number of fused-ring (bicyclic) bond motifs is 1. The first-order valence-corrected chi connectivity index (χ1v) is 6.16. The molecular weight excluding hydrogens is 283 g/mol. The van der Waals surface area contributed by atoms with Crippen LogP contribution in [0.1, 0.15) is 19.4 Å². The largest absolute Gasteiger partial charge is 0.507 e. The van der Waals surface area contributed by atoms with Crippen molar-refractivity contribution in [2.24, 2.45) is 0 Å². The van der Waals surface area contributed by atoms with Gasteiger partial charge in [0.15, 0.2) is 0 Å². The van der Waals surface area contributed by atoms with Crippen LogP contribution in [0.25, 0.3) is 10.9 Å². The van der Waals surface area contributed by atoms with Crippen LogP contribution >= 0.6 is 0 Å². The van der Waals surface area contributed by atoms with Gasteiger partial charge in [-0.3, -0.25) is 4.79 Å². The topological polar surface area (TPSA) is 112 Å². The molecule has 0 fully saturated rings. The SMILES string of the molecule is CC(F)CC(C(=O)O)n1c(=O)[nH]c2cccc(O)c2c1=O. The lowest BCUT2D eigenvalue weighted by Gasteiger charge is -2.16. The minimum Gasteiger partial charge on any atom is -0.507 e. The fourth-order valence-corrected chi connectivity index (χ4v) is 2.16. The number of aliphatic carboxylic acids is 1. The van der Waals surface area contributed by atoms with Crippen LogP contribution in [0.15, 0.2) is 27.8 Å². The van der Waals surface area contributed by atoms with E-state index in [-0.39, 0.29) is 16.7 Å². The monoisotopic (exact) mass is 296 g/mol. The molecule has 2 unspecified atom stereocenters. The van der Waals surface area contributed by atoms with E-state index in [1.165, 1.54) is 18.2 Å². The molecule has 0 aliphatic heterocycles. The molecule has 21 heavy (non-hydrogen) atoms. The first-order chi connectivity index (χ1) is 9.82. The molecule has 0 saturated heterocycles. The zero-order valence-electron chi connectivity index (χ0n) is 11.0. The number of aromatic hydroxyl groups is 1. The van der Waals surface area contributed by atoms with Crippen LogP contribution < -0.4 is 11.2 Å². The molecule has 0 aliphatic rings. The smallest absolute Gasteiger partial charge is 0.329 e. The zero-order chi connectivity index (χ0) is 15.7. The molecule has 0 amide bonds. The first-order valence-electron chi connectivity index (χ1n) is 6.16. The average Bonchev–Trinajstić information content (AvgIpc) is 2.36. The number of rotatable bonds is 4. The lowest BCUT2D eigenvalue weighted by Crippen LogP contribution is -2.41. The van der Waals surface area contributed by atoms with E-state index in [9.17, 15) is 23.9 Å². The number of phenols is 1. The Hall–Kier alpha value is -2.64. The average molecular weight is 296 g/mol. The van der Waals surface area contributed by atoms with E-state index in [1.54, 1.807) is 0 Å². The molecule has 3 N–H and O–H groups in total. The van der Waals surface area contributed by atoms with Gasteiger partial charge in [0.2, 0.25) is 0 Å². The predicted molar refractivity (Wildman–Crippen MR) is 72.4 cm³/mol. The highest BCUT2D eigenvalue weighted by Gasteiger charge is 2.27. The van der Waals surface area contributed by atoms with Gasteiger partial charge < -0.3 is 15.2 Å². The Morgan fingerprint density at radius 1 is 1.43 bits per heavy atom. The van der Waals surface area contributed by atoms with Crippen molar-refractivity contribution in [2.75, 3.05) is 0 Å². The highest BCUT2D eigenvalue weighted by Crippen LogP contribution is 2.19. The summed E-state index contributed by atoms with van der Waals surface area (Å²) in [4.78, 5) is 37.8. The summed E-state index contributed by atoms with van der Waals surface area (Å²) < 4.78 is 13.5. The van der Waals surface area contributed by atoms with Gasteiger partial charge in [-0.05, 0) is 19.1 Å². The van der Waals surface area contributed by atoms with Gasteiger partial charge in [0.05, 0.1) is 11.7 Å². The minimum absolute atomic E-state index is 0.0821. The molecule has 1 aromatic heterocycles. The molecule has 0 aliphatic carbocycles. The molecule has 0 saturated carbocycles. The number of alkyl halides is 1. The number of hydrogen-bond donors (Lipinski definition) is 3. The standard InChI is InChI=1S/C13H13FN2O5/c1-6(14)5-8(12(19)20)16-11(18)10-7(15-13(16)21)3-2-4-9(10)17/h2-4,6,8,17H,5H2,1H3,(H,15,21)(H,19,20). The normalized spacial score (nSPS) is 14.0. The number of H-pyrrole nitrogens is 1. The maximum atomic E-state index is 13.1. The van der Waals surface area contributed by atoms with Crippen molar-refractivity contribution in [3.05, 3.63) is 39.0 Å². The molecule has 7 nitrogen and oxygen atoms in total. The Kier molecular flexibility index (Phi) is 3.79. The number of phenolic OH excluding ortho intramolecular Hbond substituents is 1. The minimum atomic E-state index is -1.65. The van der Waals surface area contributed by atoms with E-state index in [0.717, 1.165) is 6.92 Å². The van der Waals surface area contributed by atoms with E-state index >= 15 is 0 Å². The molecule has 0 bridgehead atoms. The number of carbonyl (C=O) groups is 1. The Balaban J connectivity index is 2.80. The van der Waals surface area contributed by atoms with Gasteiger partial charge in [0, 0.05) is 6.42 Å². The van der Waals surface area contributed by atoms with Gasteiger partial charge in [-0.1, -0.05) is 6.07 Å². The van der Waals surface area contributed by atoms with Crippen LogP contribution in [-0.4, -0.2) is 31.9 Å². The number of aromatic nitrogens is 2. The van der Waals surface area contributed by atoms with Crippen LogP contribution in [0, 0.1) is 0 Å². The number of aromatic amines is 1. The third kappa shape index (κ3) is 2.64. The zero-order valence-corrected chi connectivity index (χ0v) is 11.0. The quantitative estimate of drug-likeness (QED) is 0.771. The second-order valence-corrected chi connectivity index (χ2v) is 4.68. The Morgan fingerprint density at radius 3 is 2.67 bits per heavy atom. The number of carboxylic acids is 1. The molecular formula is C13H13FN2O5. The number of halogens is 1. The van der Waals surface area contributed by atoms with E-state index < -0.39 is 35.9 Å². The summed E-state index contributed by atoms with van der Waals surface area (Å²) in [6.07, 6.45) is -2.05. The summed E-state index contributed by atoms with van der Waals surface area (Å²) in [6, 6.07) is 2.41. The van der Waals surface area contributed by atoms with Gasteiger partial charge in [0.1, 0.15) is 17.2 Å². The van der Waals surface area contributed by atoms with Gasteiger partial charge in [-0.25, -0.2) is 18.5 Å². The molecule has 8 heteroatoms. The molecule has 2 atom stereocenters. The van der Waals surface area contributed by atoms with E-state index in [2.05, 4.69) is 4.98 Å². The van der Waals surface area contributed by atoms with Gasteiger partial charge >= 0.3 is 11.7 Å². The van der Waals surface area contributed by atoms with Gasteiger partial charge in [-0.2, -0.15) is 0 Å². The maximum Gasteiger partial charge on any atom is 0.329 e. The number of nitrogens with zero attached hydrogens (tertiary/aromatic N) is 1. The van der Waals surface area contributed by atoms with Crippen LogP contribution in [0.4, 0.5) is 4.39 Å². The molecule has 0 radical (unpaired) electrons. The summed E-state index contributed by atoms with van der Waals surface area (Å²) >= 11 is 0. The number of nitrogens with one attached hydrogen (secondary N) is 1. The Bertz CT molecular complexity index is 808. The Morgan fingerprint density at radius 2 is 2.10 bits per heavy atom. The van der Waals surface area contributed by atoms with Crippen LogP contribution in [-0.2, 0) is 4.79 Å². The van der Waals surface area contributed by atoms with Crippen LogP contribution in [0.5, 0.6) is 5.75 Å². The number of carboxylic acid groups (broad SMARTS) is 1. The summed E-state index contributed by atoms with van der Waals surface area (Å²) in [5.41, 5.74) is -1.86. The lowest BCUT2D eigenvalue weighted by molar-refractivity contribution is -0.141. The molecule has 1 aromatic carbocycles. The van der Waals surface area contributed by atoms with Crippen molar-refractivity contribution < 1.29 is 19.4 Å². The second kappa shape index (κ2) is 5.39. The molecule has 0 spiro atoms. The van der Waals surface area contributed by atoms with Crippen molar-refractivity contribution in [1.29, 1.82) is 0 Å². The highest BCUT2D eigenvalue weighted by atomic mass is 19.1. The second-order valence-electron chi connectivity index (χ2n) is 4.68. The van der Waals surface area contributed by atoms with Gasteiger partial charge in [0.25, 0.3) is 5.56 Å². The predicted octanol–water partition coefficient (Wildman–Crippen LogP) is 0.769. The van der Waals surface area contributed by atoms with E-state index in [4.69, 9.17) is 5.11 Å². The van der Waals surface area contributed by atoms with Crippen LogP contribution in [0.2, 0.25) is 0 Å². The number of benzene rings is 1. The molecule has 112 valence electrons. The summed E-state index contributed by atoms with van der Waals surface area (Å²) in [7, 11) is 0.